The molecule has 0 bridgehead atoms. The molecule has 1 fully saturated rings. The molecule has 2 rings (SSSR count). The maximum absolute atomic E-state index is 12.3. The third-order valence-corrected chi connectivity index (χ3v) is 5.07. The van der Waals surface area contributed by atoms with E-state index in [4.69, 9.17) is 9.84 Å². The van der Waals surface area contributed by atoms with Crippen molar-refractivity contribution in [2.45, 2.75) is 37.2 Å². The van der Waals surface area contributed by atoms with Gasteiger partial charge in [0.05, 0.1) is 16.6 Å². The topological polar surface area (TPSA) is 92.7 Å². The highest BCUT2D eigenvalue weighted by Crippen LogP contribution is 2.18. The fourth-order valence-electron chi connectivity index (χ4n) is 2.27. The lowest BCUT2D eigenvalue weighted by Crippen LogP contribution is -2.35. The molecule has 1 unspecified atom stereocenters. The lowest BCUT2D eigenvalue weighted by molar-refractivity contribution is 0.0200. The van der Waals surface area contributed by atoms with E-state index in [-0.39, 0.29) is 23.1 Å². The summed E-state index contributed by atoms with van der Waals surface area (Å²) in [4.78, 5) is 11.0. The number of rotatable bonds is 5. The molecule has 0 aromatic heterocycles. The van der Waals surface area contributed by atoms with Gasteiger partial charge in [0.15, 0.2) is 0 Å². The lowest BCUT2D eigenvalue weighted by atomic mass is 10.1. The number of carboxylic acids is 1. The van der Waals surface area contributed by atoms with Gasteiger partial charge in [0.2, 0.25) is 10.0 Å². The summed E-state index contributed by atoms with van der Waals surface area (Å²) in [6.45, 7) is 2.50. The van der Waals surface area contributed by atoms with E-state index in [1.54, 1.807) is 6.92 Å². The molecule has 0 radical (unpaired) electrons. The van der Waals surface area contributed by atoms with Crippen LogP contribution in [0.5, 0.6) is 0 Å². The van der Waals surface area contributed by atoms with E-state index in [0.29, 0.717) is 12.2 Å². The van der Waals surface area contributed by atoms with Gasteiger partial charge in [-0.25, -0.2) is 17.9 Å². The number of nitrogens with one attached hydrogen (secondary N) is 1. The van der Waals surface area contributed by atoms with Crippen LogP contribution in [0.2, 0.25) is 0 Å². The van der Waals surface area contributed by atoms with Gasteiger partial charge in [-0.05, 0) is 43.9 Å². The van der Waals surface area contributed by atoms with Crippen molar-refractivity contribution in [2.75, 3.05) is 13.2 Å². The first-order valence-corrected chi connectivity index (χ1v) is 8.33. The van der Waals surface area contributed by atoms with Crippen molar-refractivity contribution in [3.05, 3.63) is 29.3 Å². The SMILES string of the molecule is Cc1ccc(C(=O)O)cc1S(=O)(=O)NCC1CCCCO1. The van der Waals surface area contributed by atoms with E-state index in [9.17, 15) is 13.2 Å². The highest BCUT2D eigenvalue weighted by molar-refractivity contribution is 7.89. The molecule has 1 aliphatic rings. The van der Waals surface area contributed by atoms with Gasteiger partial charge in [-0.15, -0.1) is 0 Å². The second kappa shape index (κ2) is 6.55. The lowest BCUT2D eigenvalue weighted by Gasteiger charge is -2.22. The molecule has 0 amide bonds. The third-order valence-electron chi connectivity index (χ3n) is 3.50. The molecule has 1 heterocycles. The van der Waals surface area contributed by atoms with Crippen LogP contribution in [0, 0.1) is 6.92 Å². The molecule has 2 N–H and O–H groups in total. The largest absolute Gasteiger partial charge is 0.478 e. The molecule has 116 valence electrons. The molecule has 1 aliphatic heterocycles. The van der Waals surface area contributed by atoms with Crippen molar-refractivity contribution in [3.8, 4) is 0 Å². The summed E-state index contributed by atoms with van der Waals surface area (Å²) in [6, 6.07) is 4.07. The number of sulfonamides is 1. The molecular weight excluding hydrogens is 294 g/mol. The first-order valence-electron chi connectivity index (χ1n) is 6.85. The van der Waals surface area contributed by atoms with Crippen LogP contribution in [-0.2, 0) is 14.8 Å². The maximum atomic E-state index is 12.3. The summed E-state index contributed by atoms with van der Waals surface area (Å²) in [5.74, 6) is -1.15. The average molecular weight is 313 g/mol. The summed E-state index contributed by atoms with van der Waals surface area (Å²) in [6.07, 6.45) is 2.75. The van der Waals surface area contributed by atoms with E-state index in [2.05, 4.69) is 4.72 Å². The molecule has 1 atom stereocenters. The van der Waals surface area contributed by atoms with Crippen molar-refractivity contribution in [1.82, 2.24) is 4.72 Å². The minimum Gasteiger partial charge on any atom is -0.478 e. The Morgan fingerprint density at radius 2 is 2.19 bits per heavy atom. The Hall–Kier alpha value is -1.44. The van der Waals surface area contributed by atoms with E-state index >= 15 is 0 Å². The number of hydrogen-bond acceptors (Lipinski definition) is 4. The summed E-state index contributed by atoms with van der Waals surface area (Å²) in [5.41, 5.74) is 0.465. The van der Waals surface area contributed by atoms with E-state index in [1.165, 1.54) is 18.2 Å². The summed E-state index contributed by atoms with van der Waals surface area (Å²) >= 11 is 0. The number of carboxylic acid groups (broad SMARTS) is 1. The Bertz CT molecular complexity index is 620. The van der Waals surface area contributed by atoms with Gasteiger partial charge in [0.25, 0.3) is 0 Å². The van der Waals surface area contributed by atoms with Gasteiger partial charge in [-0.3, -0.25) is 0 Å². The number of benzene rings is 1. The molecule has 0 aliphatic carbocycles. The predicted octanol–water partition coefficient (Wildman–Crippen LogP) is 1.54. The third kappa shape index (κ3) is 4.03. The average Bonchev–Trinajstić information content (AvgIpc) is 2.46. The Morgan fingerprint density at radius 3 is 2.81 bits per heavy atom. The number of carbonyl (C=O) groups is 1. The number of aromatic carboxylic acids is 1. The van der Waals surface area contributed by atoms with Crippen LogP contribution in [0.1, 0.15) is 35.2 Å². The molecule has 0 spiro atoms. The predicted molar refractivity (Wildman–Crippen MR) is 76.9 cm³/mol. The van der Waals surface area contributed by atoms with Gasteiger partial charge in [-0.1, -0.05) is 6.07 Å². The standard InChI is InChI=1S/C14H19NO5S/c1-10-5-6-11(14(16)17)8-13(10)21(18,19)15-9-12-4-2-3-7-20-12/h5-6,8,12,15H,2-4,7,9H2,1H3,(H,16,17). The van der Waals surface area contributed by atoms with Crippen LogP contribution >= 0.6 is 0 Å². The Morgan fingerprint density at radius 1 is 1.43 bits per heavy atom. The van der Waals surface area contributed by atoms with Gasteiger partial charge < -0.3 is 9.84 Å². The van der Waals surface area contributed by atoms with Gasteiger partial charge in [0.1, 0.15) is 0 Å². The minimum absolute atomic E-state index is 0.00166. The zero-order chi connectivity index (χ0) is 15.5. The van der Waals surface area contributed by atoms with Gasteiger partial charge in [0, 0.05) is 13.2 Å². The van der Waals surface area contributed by atoms with Crippen LogP contribution in [0.15, 0.2) is 23.1 Å². The van der Waals surface area contributed by atoms with E-state index < -0.39 is 16.0 Å². The number of aryl methyl sites for hydroxylation is 1. The Labute approximate surface area is 124 Å². The molecule has 1 aromatic carbocycles. The molecule has 21 heavy (non-hydrogen) atoms. The van der Waals surface area contributed by atoms with Gasteiger partial charge in [-0.2, -0.15) is 0 Å². The molecule has 0 saturated carbocycles. The van der Waals surface area contributed by atoms with Crippen LogP contribution in [-0.4, -0.2) is 38.7 Å². The number of ether oxygens (including phenoxy) is 1. The van der Waals surface area contributed by atoms with Gasteiger partial charge >= 0.3 is 5.97 Å². The fraction of sp³-hybridized carbons (Fsp3) is 0.500. The van der Waals surface area contributed by atoms with Crippen molar-refractivity contribution in [2.24, 2.45) is 0 Å². The van der Waals surface area contributed by atoms with E-state index in [1.807, 2.05) is 0 Å². The zero-order valence-electron chi connectivity index (χ0n) is 11.8. The van der Waals surface area contributed by atoms with Crippen molar-refractivity contribution in [3.63, 3.8) is 0 Å². The van der Waals surface area contributed by atoms with Crippen molar-refractivity contribution >= 4 is 16.0 Å². The Kier molecular flexibility index (Phi) is 4.97. The normalized spacial score (nSPS) is 19.4. The van der Waals surface area contributed by atoms with E-state index in [0.717, 1.165) is 19.3 Å². The van der Waals surface area contributed by atoms with Crippen molar-refractivity contribution < 1.29 is 23.1 Å². The molecule has 7 heteroatoms. The monoisotopic (exact) mass is 313 g/mol. The fourth-order valence-corrected chi connectivity index (χ4v) is 3.61. The molecular formula is C14H19NO5S. The summed E-state index contributed by atoms with van der Waals surface area (Å²) in [7, 11) is -3.74. The van der Waals surface area contributed by atoms with Crippen molar-refractivity contribution in [1.29, 1.82) is 0 Å². The second-order valence-electron chi connectivity index (χ2n) is 5.13. The van der Waals surface area contributed by atoms with Crippen LogP contribution in [0.25, 0.3) is 0 Å². The molecule has 1 aromatic rings. The maximum Gasteiger partial charge on any atom is 0.335 e. The highest BCUT2D eigenvalue weighted by atomic mass is 32.2. The van der Waals surface area contributed by atoms with Crippen LogP contribution < -0.4 is 4.72 Å². The molecule has 1 saturated heterocycles. The summed E-state index contributed by atoms with van der Waals surface area (Å²) in [5, 5.41) is 8.96. The summed E-state index contributed by atoms with van der Waals surface area (Å²) < 4.78 is 32.6. The minimum atomic E-state index is -3.74. The second-order valence-corrected chi connectivity index (χ2v) is 6.86. The smallest absolute Gasteiger partial charge is 0.335 e. The first kappa shape index (κ1) is 15.9. The quantitative estimate of drug-likeness (QED) is 0.860. The Balaban J connectivity index is 2.14. The van der Waals surface area contributed by atoms with Crippen LogP contribution in [0.4, 0.5) is 0 Å². The van der Waals surface area contributed by atoms with Crippen LogP contribution in [0.3, 0.4) is 0 Å². The zero-order valence-corrected chi connectivity index (χ0v) is 12.6. The first-order chi connectivity index (χ1) is 9.90. The highest BCUT2D eigenvalue weighted by Gasteiger charge is 2.21. The molecule has 6 nitrogen and oxygen atoms in total. The number of hydrogen-bond donors (Lipinski definition) is 2.